The quantitative estimate of drug-likeness (QED) is 0.851. The van der Waals surface area contributed by atoms with Crippen molar-refractivity contribution in [2.45, 2.75) is 19.0 Å². The van der Waals surface area contributed by atoms with Crippen LogP contribution in [0.4, 0.5) is 4.79 Å². The van der Waals surface area contributed by atoms with E-state index in [0.29, 0.717) is 17.3 Å². The summed E-state index contributed by atoms with van der Waals surface area (Å²) in [5.41, 5.74) is 0. The van der Waals surface area contributed by atoms with Crippen molar-refractivity contribution in [3.05, 3.63) is 21.3 Å². The molecule has 1 aromatic rings. The molecule has 0 spiro atoms. The van der Waals surface area contributed by atoms with Gasteiger partial charge in [-0.15, -0.1) is 11.3 Å². The normalized spacial score (nSPS) is 19.4. The van der Waals surface area contributed by atoms with E-state index in [4.69, 9.17) is 11.6 Å². The third-order valence-electron chi connectivity index (χ3n) is 2.66. The molecule has 0 radical (unpaired) electrons. The second kappa shape index (κ2) is 5.95. The Morgan fingerprint density at radius 2 is 2.28 bits per heavy atom. The third-order valence-corrected chi connectivity index (χ3v) is 4.52. The summed E-state index contributed by atoms with van der Waals surface area (Å²) in [6, 6.07) is 2.92. The molecule has 0 saturated carbocycles. The van der Waals surface area contributed by atoms with E-state index in [1.807, 2.05) is 12.3 Å². The number of hydrogen-bond acceptors (Lipinski definition) is 4. The Balaban J connectivity index is 2.00. The summed E-state index contributed by atoms with van der Waals surface area (Å²) in [6.07, 6.45) is 2.65. The summed E-state index contributed by atoms with van der Waals surface area (Å²) in [4.78, 5) is 25.9. The number of carbonyl (C=O) groups excluding carboxylic acids is 2. The number of nitrogens with one attached hydrogen (secondary N) is 1. The van der Waals surface area contributed by atoms with Gasteiger partial charge in [0.2, 0.25) is 0 Å². The highest BCUT2D eigenvalue weighted by Gasteiger charge is 2.37. The van der Waals surface area contributed by atoms with Crippen molar-refractivity contribution in [3.8, 4) is 0 Å². The van der Waals surface area contributed by atoms with E-state index in [9.17, 15) is 9.59 Å². The number of urea groups is 1. The predicted molar refractivity (Wildman–Crippen MR) is 75.2 cm³/mol. The molecule has 2 rings (SSSR count). The lowest BCUT2D eigenvalue weighted by molar-refractivity contribution is -0.127. The van der Waals surface area contributed by atoms with Crippen molar-refractivity contribution < 1.29 is 9.59 Å². The number of carbonyl (C=O) groups is 2. The fraction of sp³-hybridized carbons (Fsp3) is 0.455. The van der Waals surface area contributed by atoms with E-state index in [2.05, 4.69) is 5.32 Å². The van der Waals surface area contributed by atoms with E-state index in [0.717, 1.165) is 10.6 Å². The lowest BCUT2D eigenvalue weighted by Gasteiger charge is -2.11. The Bertz CT molecular complexity index is 464. The average molecular weight is 305 g/mol. The molecule has 1 fully saturated rings. The Morgan fingerprint density at radius 1 is 1.50 bits per heavy atom. The zero-order valence-electron chi connectivity index (χ0n) is 9.81. The van der Waals surface area contributed by atoms with Gasteiger partial charge in [0.15, 0.2) is 0 Å². The van der Waals surface area contributed by atoms with E-state index >= 15 is 0 Å². The summed E-state index contributed by atoms with van der Waals surface area (Å²) in [6.45, 7) is 0.303. The van der Waals surface area contributed by atoms with E-state index in [1.165, 1.54) is 16.2 Å². The van der Waals surface area contributed by atoms with Gasteiger partial charge in [-0.3, -0.25) is 9.69 Å². The lowest BCUT2D eigenvalue weighted by atomic mass is 10.2. The minimum atomic E-state index is -0.375. The van der Waals surface area contributed by atoms with Crippen LogP contribution in [0.1, 0.15) is 11.3 Å². The van der Waals surface area contributed by atoms with Crippen molar-refractivity contribution in [2.75, 3.05) is 12.0 Å². The van der Waals surface area contributed by atoms with E-state index in [1.54, 1.807) is 17.8 Å². The average Bonchev–Trinajstić information content (AvgIpc) is 2.86. The van der Waals surface area contributed by atoms with Gasteiger partial charge in [0.25, 0.3) is 5.91 Å². The molecule has 1 atom stereocenters. The zero-order valence-corrected chi connectivity index (χ0v) is 12.2. The van der Waals surface area contributed by atoms with Crippen molar-refractivity contribution in [3.63, 3.8) is 0 Å². The van der Waals surface area contributed by atoms with Gasteiger partial charge in [0.05, 0.1) is 10.9 Å². The Kier molecular flexibility index (Phi) is 4.53. The Hall–Kier alpha value is -0.720. The first-order valence-electron chi connectivity index (χ1n) is 5.47. The number of thioether (sulfide) groups is 1. The molecular weight excluding hydrogens is 292 g/mol. The van der Waals surface area contributed by atoms with Crippen molar-refractivity contribution in [2.24, 2.45) is 0 Å². The molecule has 1 aliphatic rings. The van der Waals surface area contributed by atoms with Gasteiger partial charge in [-0.1, -0.05) is 11.6 Å². The van der Waals surface area contributed by atoms with Crippen LogP contribution in [-0.2, 0) is 11.3 Å². The zero-order chi connectivity index (χ0) is 13.1. The van der Waals surface area contributed by atoms with Crippen molar-refractivity contribution >= 4 is 46.6 Å². The number of thiophene rings is 1. The monoisotopic (exact) mass is 304 g/mol. The maximum atomic E-state index is 12.0. The number of nitrogens with zero attached hydrogens (tertiary/aromatic N) is 1. The molecule has 0 aliphatic carbocycles. The number of imide groups is 1. The Labute approximate surface area is 119 Å². The summed E-state index contributed by atoms with van der Waals surface area (Å²) in [5.74, 6) is 0.716. The highest BCUT2D eigenvalue weighted by molar-refractivity contribution is 7.98. The van der Waals surface area contributed by atoms with Gasteiger partial charge in [-0.2, -0.15) is 11.8 Å². The van der Waals surface area contributed by atoms with E-state index < -0.39 is 0 Å². The molecule has 1 saturated heterocycles. The largest absolute Gasteiger partial charge is 0.326 e. The lowest BCUT2D eigenvalue weighted by Crippen LogP contribution is -2.30. The van der Waals surface area contributed by atoms with Crippen molar-refractivity contribution in [1.82, 2.24) is 10.2 Å². The van der Waals surface area contributed by atoms with Gasteiger partial charge in [-0.25, -0.2) is 4.79 Å². The van der Waals surface area contributed by atoms with Crippen LogP contribution in [-0.4, -0.2) is 34.9 Å². The standard InChI is InChI=1S/C11H13ClN2O2S2/c1-17-5-4-8-10(15)14(11(16)13-8)6-7-2-3-9(12)18-7/h2-3,8H,4-6H2,1H3,(H,13,16). The second-order valence-corrected chi connectivity index (χ2v) is 6.70. The first kappa shape index (κ1) is 13.7. The fourth-order valence-corrected chi connectivity index (χ4v) is 3.30. The van der Waals surface area contributed by atoms with Crippen LogP contribution in [0.15, 0.2) is 12.1 Å². The van der Waals surface area contributed by atoms with Gasteiger partial charge in [-0.05, 0) is 30.6 Å². The molecular formula is C11H13ClN2O2S2. The van der Waals surface area contributed by atoms with Gasteiger partial charge < -0.3 is 5.32 Å². The maximum Gasteiger partial charge on any atom is 0.325 e. The molecule has 2 heterocycles. The predicted octanol–water partition coefficient (Wildman–Crippen LogP) is 2.58. The molecule has 4 nitrogen and oxygen atoms in total. The van der Waals surface area contributed by atoms with Crippen LogP contribution in [0.25, 0.3) is 0 Å². The maximum absolute atomic E-state index is 12.0. The molecule has 0 bridgehead atoms. The molecule has 1 aliphatic heterocycles. The summed E-state index contributed by atoms with van der Waals surface area (Å²) in [5, 5.41) is 2.71. The van der Waals surface area contributed by atoms with Crippen LogP contribution in [0.5, 0.6) is 0 Å². The third kappa shape index (κ3) is 2.99. The van der Waals surface area contributed by atoms with Gasteiger partial charge in [0, 0.05) is 4.88 Å². The number of amides is 3. The summed E-state index contributed by atoms with van der Waals surface area (Å²) in [7, 11) is 0. The van der Waals surface area contributed by atoms with Crippen LogP contribution < -0.4 is 5.32 Å². The molecule has 18 heavy (non-hydrogen) atoms. The summed E-state index contributed by atoms with van der Waals surface area (Å²) >= 11 is 8.88. The number of rotatable bonds is 5. The van der Waals surface area contributed by atoms with Gasteiger partial charge in [0.1, 0.15) is 6.04 Å². The highest BCUT2D eigenvalue weighted by Crippen LogP contribution is 2.24. The molecule has 98 valence electrons. The molecule has 7 heteroatoms. The number of hydrogen-bond donors (Lipinski definition) is 1. The molecule has 3 amide bonds. The van der Waals surface area contributed by atoms with Crippen LogP contribution in [0, 0.1) is 0 Å². The van der Waals surface area contributed by atoms with E-state index in [-0.39, 0.29) is 18.0 Å². The topological polar surface area (TPSA) is 49.4 Å². The molecule has 1 N–H and O–H groups in total. The van der Waals surface area contributed by atoms with Crippen LogP contribution >= 0.6 is 34.7 Å². The molecule has 1 unspecified atom stereocenters. The molecule has 1 aromatic heterocycles. The fourth-order valence-electron chi connectivity index (χ4n) is 1.75. The Morgan fingerprint density at radius 3 is 2.89 bits per heavy atom. The minimum Gasteiger partial charge on any atom is -0.326 e. The number of halogens is 1. The highest BCUT2D eigenvalue weighted by atomic mass is 35.5. The first-order valence-corrected chi connectivity index (χ1v) is 8.05. The first-order chi connectivity index (χ1) is 8.61. The SMILES string of the molecule is CSCCC1NC(=O)N(Cc2ccc(Cl)s2)C1=O. The van der Waals surface area contributed by atoms with Crippen molar-refractivity contribution in [1.29, 1.82) is 0 Å². The second-order valence-electron chi connectivity index (χ2n) is 3.91. The minimum absolute atomic E-state index is 0.140. The van der Waals surface area contributed by atoms with Crippen LogP contribution in [0.3, 0.4) is 0 Å². The molecule has 0 aromatic carbocycles. The van der Waals surface area contributed by atoms with Gasteiger partial charge >= 0.3 is 6.03 Å². The summed E-state index contributed by atoms with van der Waals surface area (Å²) < 4.78 is 0.663. The van der Waals surface area contributed by atoms with Crippen LogP contribution in [0.2, 0.25) is 4.34 Å². The smallest absolute Gasteiger partial charge is 0.325 e.